The Labute approximate surface area is 168 Å². The molecule has 1 fully saturated rings. The maximum absolute atomic E-state index is 14.0. The van der Waals surface area contributed by atoms with Crippen LogP contribution >= 0.6 is 11.3 Å². The summed E-state index contributed by atoms with van der Waals surface area (Å²) >= 11 is 1.36. The molecule has 1 aliphatic rings. The number of nitrogens with zero attached hydrogens (tertiary/aromatic N) is 3. The van der Waals surface area contributed by atoms with E-state index in [1.54, 1.807) is 43.5 Å². The SMILES string of the molecule is COc1ccc(-n2nc(C3CC3)c3c(C(F)(F)F)cc(-c4cccs4)nc32)cc1. The smallest absolute Gasteiger partial charge is 0.417 e. The zero-order valence-electron chi connectivity index (χ0n) is 15.4. The first kappa shape index (κ1) is 18.2. The summed E-state index contributed by atoms with van der Waals surface area (Å²) in [6, 6.07) is 11.8. The molecule has 1 aliphatic carbocycles. The Hall–Kier alpha value is -2.87. The summed E-state index contributed by atoms with van der Waals surface area (Å²) in [5, 5.41) is 6.52. The predicted molar refractivity (Wildman–Crippen MR) is 106 cm³/mol. The number of halogens is 3. The molecular formula is C21H16F3N3OS. The summed E-state index contributed by atoms with van der Waals surface area (Å²) in [7, 11) is 1.56. The minimum Gasteiger partial charge on any atom is -0.497 e. The van der Waals surface area contributed by atoms with Crippen LogP contribution in [0.4, 0.5) is 13.2 Å². The summed E-state index contributed by atoms with van der Waals surface area (Å²) < 4.78 is 48.8. The molecule has 0 aliphatic heterocycles. The number of ether oxygens (including phenoxy) is 1. The van der Waals surface area contributed by atoms with Crippen molar-refractivity contribution in [2.45, 2.75) is 24.9 Å². The molecule has 1 aromatic carbocycles. The number of methoxy groups -OCH3 is 1. The van der Waals surface area contributed by atoms with Gasteiger partial charge in [-0.15, -0.1) is 11.3 Å². The lowest BCUT2D eigenvalue weighted by Crippen LogP contribution is -2.08. The molecule has 0 radical (unpaired) electrons. The highest BCUT2D eigenvalue weighted by molar-refractivity contribution is 7.13. The fourth-order valence-electron chi connectivity index (χ4n) is 3.46. The normalized spacial score (nSPS) is 14.5. The van der Waals surface area contributed by atoms with Gasteiger partial charge in [-0.25, -0.2) is 9.67 Å². The van der Waals surface area contributed by atoms with Gasteiger partial charge in [-0.3, -0.25) is 0 Å². The third-order valence-corrected chi connectivity index (χ3v) is 5.92. The number of hydrogen-bond donors (Lipinski definition) is 0. The molecule has 4 aromatic rings. The molecule has 0 spiro atoms. The van der Waals surface area contributed by atoms with Gasteiger partial charge < -0.3 is 4.74 Å². The van der Waals surface area contributed by atoms with E-state index < -0.39 is 11.7 Å². The monoisotopic (exact) mass is 415 g/mol. The van der Waals surface area contributed by atoms with Crippen LogP contribution in [-0.2, 0) is 6.18 Å². The molecule has 8 heteroatoms. The topological polar surface area (TPSA) is 39.9 Å². The molecule has 3 heterocycles. The molecule has 3 aromatic heterocycles. The molecule has 0 bridgehead atoms. The van der Waals surface area contributed by atoms with Gasteiger partial charge in [0.05, 0.1) is 40.0 Å². The van der Waals surface area contributed by atoms with Gasteiger partial charge in [0.25, 0.3) is 0 Å². The average molecular weight is 415 g/mol. The van der Waals surface area contributed by atoms with E-state index in [1.165, 1.54) is 16.0 Å². The largest absolute Gasteiger partial charge is 0.497 e. The van der Waals surface area contributed by atoms with Crippen molar-refractivity contribution in [1.82, 2.24) is 14.8 Å². The summed E-state index contributed by atoms with van der Waals surface area (Å²) in [4.78, 5) is 5.31. The van der Waals surface area contributed by atoms with Crippen LogP contribution in [0, 0.1) is 0 Å². The predicted octanol–water partition coefficient (Wildman–Crippen LogP) is 6.05. The third kappa shape index (κ3) is 3.17. The second-order valence-electron chi connectivity index (χ2n) is 7.00. The maximum Gasteiger partial charge on any atom is 0.417 e. The minimum absolute atomic E-state index is 0.0486. The van der Waals surface area contributed by atoms with Gasteiger partial charge >= 0.3 is 6.18 Å². The van der Waals surface area contributed by atoms with Crippen molar-refractivity contribution in [1.29, 1.82) is 0 Å². The van der Waals surface area contributed by atoms with Gasteiger partial charge in [0, 0.05) is 5.92 Å². The van der Waals surface area contributed by atoms with Crippen molar-refractivity contribution >= 4 is 22.4 Å². The molecule has 148 valence electrons. The Kier molecular flexibility index (Phi) is 4.13. The van der Waals surface area contributed by atoms with Crippen LogP contribution in [0.2, 0.25) is 0 Å². The molecular weight excluding hydrogens is 399 g/mol. The molecule has 0 atom stereocenters. The van der Waals surface area contributed by atoms with Gasteiger partial charge in [-0.1, -0.05) is 6.07 Å². The fraction of sp³-hybridized carbons (Fsp3) is 0.238. The third-order valence-electron chi connectivity index (χ3n) is 5.02. The van der Waals surface area contributed by atoms with E-state index in [0.29, 0.717) is 27.7 Å². The minimum atomic E-state index is -4.50. The molecule has 0 N–H and O–H groups in total. The van der Waals surface area contributed by atoms with Crippen LogP contribution in [0.1, 0.15) is 30.0 Å². The van der Waals surface area contributed by atoms with Crippen molar-refractivity contribution < 1.29 is 17.9 Å². The van der Waals surface area contributed by atoms with Crippen LogP contribution in [0.25, 0.3) is 27.3 Å². The van der Waals surface area contributed by atoms with E-state index in [4.69, 9.17) is 4.74 Å². The molecule has 4 nitrogen and oxygen atoms in total. The first-order chi connectivity index (χ1) is 14.0. The van der Waals surface area contributed by atoms with E-state index in [1.807, 2.05) is 5.38 Å². The average Bonchev–Trinajstić information content (AvgIpc) is 3.26. The van der Waals surface area contributed by atoms with Crippen LogP contribution in [0.15, 0.2) is 47.8 Å². The number of pyridine rings is 1. The van der Waals surface area contributed by atoms with Crippen LogP contribution in [0.3, 0.4) is 0 Å². The summed E-state index contributed by atoms with van der Waals surface area (Å²) in [5.74, 6) is 0.711. The Balaban J connectivity index is 1.82. The lowest BCUT2D eigenvalue weighted by atomic mass is 10.1. The molecule has 1 saturated carbocycles. The van der Waals surface area contributed by atoms with E-state index >= 15 is 0 Å². The van der Waals surface area contributed by atoms with Gasteiger partial charge in [-0.2, -0.15) is 18.3 Å². The number of rotatable bonds is 4. The number of hydrogen-bond acceptors (Lipinski definition) is 4. The molecule has 29 heavy (non-hydrogen) atoms. The van der Waals surface area contributed by atoms with Crippen LogP contribution < -0.4 is 4.74 Å². The van der Waals surface area contributed by atoms with E-state index in [-0.39, 0.29) is 17.0 Å². The first-order valence-electron chi connectivity index (χ1n) is 9.15. The summed E-state index contributed by atoms with van der Waals surface area (Å²) in [5.41, 5.74) is 0.986. The van der Waals surface area contributed by atoms with Gasteiger partial charge in [0.15, 0.2) is 5.65 Å². The Bertz CT molecular complexity index is 1180. The van der Waals surface area contributed by atoms with Crippen molar-refractivity contribution in [2.75, 3.05) is 7.11 Å². The highest BCUT2D eigenvalue weighted by Gasteiger charge is 2.39. The fourth-order valence-corrected chi connectivity index (χ4v) is 4.15. The Morgan fingerprint density at radius 1 is 1.14 bits per heavy atom. The molecule has 0 saturated heterocycles. The Morgan fingerprint density at radius 3 is 2.48 bits per heavy atom. The quantitative estimate of drug-likeness (QED) is 0.407. The number of alkyl halides is 3. The summed E-state index contributed by atoms with van der Waals surface area (Å²) in [6.07, 6.45) is -2.80. The maximum atomic E-state index is 14.0. The van der Waals surface area contributed by atoms with E-state index in [0.717, 1.165) is 18.9 Å². The van der Waals surface area contributed by atoms with E-state index in [2.05, 4.69) is 10.1 Å². The van der Waals surface area contributed by atoms with Gasteiger partial charge in [-0.05, 0) is 54.6 Å². The summed E-state index contributed by atoms with van der Waals surface area (Å²) in [6.45, 7) is 0. The van der Waals surface area contributed by atoms with Crippen molar-refractivity contribution in [3.05, 3.63) is 59.1 Å². The molecule has 0 unspecified atom stereocenters. The number of benzene rings is 1. The standard InChI is InChI=1S/C21H16F3N3OS/c1-28-14-8-6-13(7-9-14)27-20-18(19(26-27)12-4-5-12)15(21(22,23)24)11-16(25-20)17-3-2-10-29-17/h2-3,6-12H,4-5H2,1H3. The second-order valence-corrected chi connectivity index (χ2v) is 7.95. The van der Waals surface area contributed by atoms with Crippen molar-refractivity contribution in [3.8, 4) is 22.0 Å². The zero-order valence-corrected chi connectivity index (χ0v) is 16.2. The highest BCUT2D eigenvalue weighted by Crippen LogP contribution is 2.47. The molecule has 0 amide bonds. The van der Waals surface area contributed by atoms with Crippen molar-refractivity contribution in [3.63, 3.8) is 0 Å². The highest BCUT2D eigenvalue weighted by atomic mass is 32.1. The lowest BCUT2D eigenvalue weighted by Gasteiger charge is -2.11. The zero-order chi connectivity index (χ0) is 20.2. The van der Waals surface area contributed by atoms with Gasteiger partial charge in [0.2, 0.25) is 0 Å². The van der Waals surface area contributed by atoms with Crippen molar-refractivity contribution in [2.24, 2.45) is 0 Å². The van der Waals surface area contributed by atoms with E-state index in [9.17, 15) is 13.2 Å². The van der Waals surface area contributed by atoms with Gasteiger partial charge in [0.1, 0.15) is 5.75 Å². The first-order valence-corrected chi connectivity index (χ1v) is 10.0. The van der Waals surface area contributed by atoms with Crippen LogP contribution in [-0.4, -0.2) is 21.9 Å². The van der Waals surface area contributed by atoms with Crippen LogP contribution in [0.5, 0.6) is 5.75 Å². The Morgan fingerprint density at radius 2 is 1.90 bits per heavy atom. The lowest BCUT2D eigenvalue weighted by molar-refractivity contribution is -0.136. The second kappa shape index (κ2) is 6.59. The number of thiophene rings is 1. The molecule has 5 rings (SSSR count). The number of fused-ring (bicyclic) bond motifs is 1. The number of aromatic nitrogens is 3.